The van der Waals surface area contributed by atoms with Crippen LogP contribution in [0.4, 0.5) is 0 Å². The van der Waals surface area contributed by atoms with Gasteiger partial charge in [0.15, 0.2) is 9.84 Å². The van der Waals surface area contributed by atoms with Gasteiger partial charge in [0.05, 0.1) is 0 Å². The zero-order chi connectivity index (χ0) is 11.0. The second-order valence-electron chi connectivity index (χ2n) is 2.68. The molecule has 10 heteroatoms. The summed E-state index contributed by atoms with van der Waals surface area (Å²) in [5.74, 6) is -0.466. The van der Waals surface area contributed by atoms with Gasteiger partial charge in [-0.05, 0) is 0 Å². The third kappa shape index (κ3) is 3.05. The number of nitrogens with one attached hydrogen (secondary N) is 1. The molecule has 0 radical (unpaired) electrons. The standard InChI is InChI=1S/C4H8N4O4S2/c1-13(9,10)2-3-6-4(8-7-3)14(5,11)12/h2H2,1H3,(H2,5,11,12)(H,6,7,8). The van der Waals surface area contributed by atoms with E-state index in [1.807, 2.05) is 0 Å². The molecule has 8 nitrogen and oxygen atoms in total. The fourth-order valence-corrected chi connectivity index (χ4v) is 1.75. The first kappa shape index (κ1) is 11.1. The Labute approximate surface area is 80.5 Å². The maximum absolute atomic E-state index is 10.8. The van der Waals surface area contributed by atoms with Crippen LogP contribution in [-0.2, 0) is 25.6 Å². The Hall–Kier alpha value is -1.00. The number of hydrogen-bond donors (Lipinski definition) is 2. The van der Waals surface area contributed by atoms with Crippen molar-refractivity contribution in [3.05, 3.63) is 5.82 Å². The molecule has 0 spiro atoms. The predicted octanol–water partition coefficient (Wildman–Crippen LogP) is -2.00. The fourth-order valence-electron chi connectivity index (χ4n) is 0.718. The van der Waals surface area contributed by atoms with Crippen LogP contribution in [0.3, 0.4) is 0 Å². The van der Waals surface area contributed by atoms with Gasteiger partial charge in [0.2, 0.25) is 0 Å². The third-order valence-corrected chi connectivity index (χ3v) is 2.65. The SMILES string of the molecule is CS(=O)(=O)Cc1nc(S(N)(=O)=O)n[nH]1. The highest BCUT2D eigenvalue weighted by Gasteiger charge is 2.16. The van der Waals surface area contributed by atoms with E-state index in [2.05, 4.69) is 15.2 Å². The van der Waals surface area contributed by atoms with Crippen molar-refractivity contribution in [1.29, 1.82) is 0 Å². The summed E-state index contributed by atoms with van der Waals surface area (Å²) in [5.41, 5.74) is 0. The molecule has 0 fully saturated rings. The van der Waals surface area contributed by atoms with Gasteiger partial charge in [0, 0.05) is 6.26 Å². The third-order valence-electron chi connectivity index (χ3n) is 1.16. The Morgan fingerprint density at radius 2 is 1.93 bits per heavy atom. The van der Waals surface area contributed by atoms with Crippen molar-refractivity contribution in [3.63, 3.8) is 0 Å². The Balaban J connectivity index is 3.02. The molecular formula is C4H8N4O4S2. The van der Waals surface area contributed by atoms with E-state index in [0.717, 1.165) is 6.26 Å². The van der Waals surface area contributed by atoms with Gasteiger partial charge in [-0.25, -0.2) is 22.0 Å². The first-order chi connectivity index (χ1) is 6.18. The minimum atomic E-state index is -3.99. The number of sulfonamides is 1. The van der Waals surface area contributed by atoms with Crippen molar-refractivity contribution in [2.24, 2.45) is 5.14 Å². The van der Waals surface area contributed by atoms with E-state index in [0.29, 0.717) is 0 Å². The predicted molar refractivity (Wildman–Crippen MR) is 46.3 cm³/mol. The van der Waals surface area contributed by atoms with Crippen molar-refractivity contribution in [2.45, 2.75) is 10.9 Å². The Bertz CT molecular complexity index is 527. The molecule has 1 rings (SSSR count). The van der Waals surface area contributed by atoms with Crippen molar-refractivity contribution in [3.8, 4) is 0 Å². The number of hydrogen-bond acceptors (Lipinski definition) is 6. The van der Waals surface area contributed by atoms with Crippen LogP contribution >= 0.6 is 0 Å². The second-order valence-corrected chi connectivity index (χ2v) is 6.28. The smallest absolute Gasteiger partial charge is 0.261 e. The number of nitrogens with zero attached hydrogens (tertiary/aromatic N) is 2. The first-order valence-electron chi connectivity index (χ1n) is 3.30. The minimum absolute atomic E-state index is 0.0588. The molecule has 1 heterocycles. The van der Waals surface area contributed by atoms with Gasteiger partial charge < -0.3 is 0 Å². The summed E-state index contributed by atoms with van der Waals surface area (Å²) in [5, 5.41) is 9.52. The van der Waals surface area contributed by atoms with Crippen LogP contribution in [0.5, 0.6) is 0 Å². The molecule has 0 saturated heterocycles. The molecule has 0 unspecified atom stereocenters. The average molecular weight is 240 g/mol. The van der Waals surface area contributed by atoms with E-state index >= 15 is 0 Å². The topological polar surface area (TPSA) is 136 Å². The second kappa shape index (κ2) is 3.29. The van der Waals surface area contributed by atoms with E-state index < -0.39 is 30.8 Å². The van der Waals surface area contributed by atoms with Crippen LogP contribution in [0.1, 0.15) is 5.82 Å². The van der Waals surface area contributed by atoms with Crippen LogP contribution in [0, 0.1) is 0 Å². The van der Waals surface area contributed by atoms with Crippen LogP contribution < -0.4 is 5.14 Å². The Morgan fingerprint density at radius 3 is 2.29 bits per heavy atom. The number of primary sulfonamides is 1. The number of H-pyrrole nitrogens is 1. The largest absolute Gasteiger partial charge is 0.282 e. The van der Waals surface area contributed by atoms with Crippen molar-refractivity contribution >= 4 is 19.9 Å². The zero-order valence-electron chi connectivity index (χ0n) is 7.13. The molecule has 0 atom stereocenters. The van der Waals surface area contributed by atoms with Crippen molar-refractivity contribution in [2.75, 3.05) is 6.26 Å². The van der Waals surface area contributed by atoms with Gasteiger partial charge in [-0.15, -0.1) is 5.10 Å². The Kier molecular flexibility index (Phi) is 2.61. The highest BCUT2D eigenvalue weighted by Crippen LogP contribution is 2.01. The monoisotopic (exact) mass is 240 g/mol. The lowest BCUT2D eigenvalue weighted by Crippen LogP contribution is -2.14. The molecule has 1 aromatic rings. The van der Waals surface area contributed by atoms with E-state index in [9.17, 15) is 16.8 Å². The van der Waals surface area contributed by atoms with E-state index in [1.165, 1.54) is 0 Å². The number of aromatic nitrogens is 3. The molecule has 0 saturated carbocycles. The summed E-state index contributed by atoms with van der Waals surface area (Å²) in [6.07, 6.45) is 0.992. The molecular weight excluding hydrogens is 232 g/mol. The molecule has 0 aliphatic carbocycles. The Morgan fingerprint density at radius 1 is 1.36 bits per heavy atom. The fraction of sp³-hybridized carbons (Fsp3) is 0.500. The molecule has 0 bridgehead atoms. The molecule has 0 aliphatic heterocycles. The van der Waals surface area contributed by atoms with Gasteiger partial charge >= 0.3 is 0 Å². The van der Waals surface area contributed by atoms with E-state index in [4.69, 9.17) is 5.14 Å². The summed E-state index contributed by atoms with van der Waals surface area (Å²) < 4.78 is 43.0. The number of sulfone groups is 1. The van der Waals surface area contributed by atoms with Gasteiger partial charge in [-0.1, -0.05) is 0 Å². The maximum atomic E-state index is 10.8. The lowest BCUT2D eigenvalue weighted by Gasteiger charge is -1.90. The normalized spacial score (nSPS) is 13.0. The van der Waals surface area contributed by atoms with Gasteiger partial charge in [-0.2, -0.15) is 4.98 Å². The summed E-state index contributed by atoms with van der Waals surface area (Å²) in [6.45, 7) is 0. The number of nitrogens with two attached hydrogens (primary N) is 1. The van der Waals surface area contributed by atoms with Gasteiger partial charge in [0.1, 0.15) is 11.6 Å². The molecule has 1 aromatic heterocycles. The van der Waals surface area contributed by atoms with Crippen LogP contribution in [0.25, 0.3) is 0 Å². The quantitative estimate of drug-likeness (QED) is 0.626. The summed E-state index contributed by atoms with van der Waals surface area (Å²) in [4.78, 5) is 3.41. The van der Waals surface area contributed by atoms with E-state index in [1.54, 1.807) is 0 Å². The van der Waals surface area contributed by atoms with E-state index in [-0.39, 0.29) is 5.82 Å². The number of rotatable bonds is 3. The average Bonchev–Trinajstić information content (AvgIpc) is 2.29. The summed E-state index contributed by atoms with van der Waals surface area (Å²) in [7, 11) is -7.26. The highest BCUT2D eigenvalue weighted by atomic mass is 32.2. The maximum Gasteiger partial charge on any atom is 0.282 e. The molecule has 14 heavy (non-hydrogen) atoms. The highest BCUT2D eigenvalue weighted by molar-refractivity contribution is 7.90. The van der Waals surface area contributed by atoms with Crippen LogP contribution in [-0.4, -0.2) is 38.3 Å². The molecule has 0 amide bonds. The zero-order valence-corrected chi connectivity index (χ0v) is 8.76. The summed E-state index contributed by atoms with van der Waals surface area (Å²) in [6, 6.07) is 0. The van der Waals surface area contributed by atoms with Gasteiger partial charge in [-0.3, -0.25) is 5.10 Å². The molecule has 3 N–H and O–H groups in total. The lowest BCUT2D eigenvalue weighted by atomic mass is 10.7. The lowest BCUT2D eigenvalue weighted by molar-refractivity contribution is 0.588. The van der Waals surface area contributed by atoms with Crippen LogP contribution in [0.2, 0.25) is 0 Å². The van der Waals surface area contributed by atoms with Crippen LogP contribution in [0.15, 0.2) is 5.16 Å². The van der Waals surface area contributed by atoms with Crippen molar-refractivity contribution in [1.82, 2.24) is 15.2 Å². The van der Waals surface area contributed by atoms with Crippen molar-refractivity contribution < 1.29 is 16.8 Å². The number of aromatic amines is 1. The minimum Gasteiger partial charge on any atom is -0.261 e. The molecule has 0 aliphatic rings. The molecule has 0 aromatic carbocycles. The summed E-state index contributed by atoms with van der Waals surface area (Å²) >= 11 is 0. The molecule has 80 valence electrons. The first-order valence-corrected chi connectivity index (χ1v) is 6.91. The van der Waals surface area contributed by atoms with Gasteiger partial charge in [0.25, 0.3) is 15.2 Å².